The van der Waals surface area contributed by atoms with Crippen LogP contribution in [-0.4, -0.2) is 103 Å². The molecule has 3 N–H and O–H groups in total. The number of nitrogens with one attached hydrogen (secondary N) is 2. The number of aliphatic hydroxyl groups excluding tert-OH is 1. The van der Waals surface area contributed by atoms with Gasteiger partial charge < -0.3 is 34.9 Å². The fourth-order valence-electron chi connectivity index (χ4n) is 7.66. The van der Waals surface area contributed by atoms with Gasteiger partial charge in [0.1, 0.15) is 29.8 Å². The summed E-state index contributed by atoms with van der Waals surface area (Å²) < 4.78 is 20.0. The van der Waals surface area contributed by atoms with Gasteiger partial charge in [0.15, 0.2) is 6.04 Å². The predicted octanol–water partition coefficient (Wildman–Crippen LogP) is 1.89. The number of esters is 1. The number of aliphatic hydroxyl groups is 1. The summed E-state index contributed by atoms with van der Waals surface area (Å²) in [5.41, 5.74) is 1.63. The van der Waals surface area contributed by atoms with Crippen LogP contribution in [0.25, 0.3) is 6.08 Å². The molecule has 0 radical (unpaired) electrons. The Hall–Kier alpha value is -4.92. The van der Waals surface area contributed by atoms with Crippen LogP contribution >= 0.6 is 0 Å². The summed E-state index contributed by atoms with van der Waals surface area (Å²) in [5.74, 6) is -2.92. The quantitative estimate of drug-likeness (QED) is 0.188. The Labute approximate surface area is 301 Å². The zero-order valence-electron chi connectivity index (χ0n) is 29.0. The molecule has 0 unspecified atom stereocenters. The summed E-state index contributed by atoms with van der Waals surface area (Å²) in [4.78, 5) is 61.1. The molecule has 3 aliphatic heterocycles. The lowest BCUT2D eigenvalue weighted by Gasteiger charge is -2.48. The molecule has 1 aliphatic carbocycles. The monoisotopic (exact) mass is 710 g/mol. The van der Waals surface area contributed by atoms with Gasteiger partial charge in [-0.05, 0) is 17.2 Å². The number of ether oxygens (including phenoxy) is 3. The molecule has 3 saturated heterocycles. The van der Waals surface area contributed by atoms with Crippen LogP contribution < -0.4 is 10.6 Å². The fourth-order valence-corrected chi connectivity index (χ4v) is 7.66. The van der Waals surface area contributed by atoms with Crippen molar-refractivity contribution in [3.8, 4) is 0 Å². The van der Waals surface area contributed by atoms with Gasteiger partial charge in [-0.2, -0.15) is 5.06 Å². The predicted molar refractivity (Wildman–Crippen MR) is 186 cm³/mol. The average Bonchev–Trinajstić information content (AvgIpc) is 3.74. The van der Waals surface area contributed by atoms with E-state index in [2.05, 4.69) is 10.6 Å². The Bertz CT molecular complexity index is 1780. The lowest BCUT2D eigenvalue weighted by molar-refractivity contribution is -0.213. The van der Waals surface area contributed by atoms with E-state index in [1.807, 2.05) is 84.9 Å². The highest BCUT2D eigenvalue weighted by atomic mass is 16.8. The van der Waals surface area contributed by atoms with Crippen LogP contribution in [-0.2, 0) is 50.6 Å². The van der Waals surface area contributed by atoms with E-state index in [1.54, 1.807) is 20.2 Å². The van der Waals surface area contributed by atoms with E-state index in [4.69, 9.17) is 24.2 Å². The molecule has 6 atom stereocenters. The number of rotatable bonds is 12. The third-order valence-corrected chi connectivity index (χ3v) is 10.1. The van der Waals surface area contributed by atoms with Crippen LogP contribution in [0.2, 0.25) is 0 Å². The van der Waals surface area contributed by atoms with Crippen LogP contribution in [0, 0.1) is 5.41 Å². The molecule has 0 aromatic heterocycles. The number of carbonyl (C=O) groups excluding carboxylic acids is 4. The summed E-state index contributed by atoms with van der Waals surface area (Å²) in [7, 11) is 3.36. The Morgan fingerprint density at radius 2 is 1.56 bits per heavy atom. The van der Waals surface area contributed by atoms with Gasteiger partial charge in [-0.1, -0.05) is 84.9 Å². The molecule has 4 fully saturated rings. The largest absolute Gasteiger partial charge is 0.458 e. The Morgan fingerprint density at radius 3 is 2.19 bits per heavy atom. The minimum atomic E-state index is -1.44. The Kier molecular flexibility index (Phi) is 9.96. The molecule has 4 aliphatic rings. The minimum absolute atomic E-state index is 0.00568. The van der Waals surface area contributed by atoms with E-state index < -0.39 is 53.5 Å². The van der Waals surface area contributed by atoms with Crippen molar-refractivity contribution in [1.29, 1.82) is 0 Å². The number of carbonyl (C=O) groups is 4. The molecule has 3 heterocycles. The molecule has 13 nitrogen and oxygen atoms in total. The zero-order valence-corrected chi connectivity index (χ0v) is 29.0. The van der Waals surface area contributed by atoms with Crippen molar-refractivity contribution >= 4 is 29.8 Å². The first kappa shape index (κ1) is 35.5. The summed E-state index contributed by atoms with van der Waals surface area (Å²) >= 11 is 0. The topological polar surface area (TPSA) is 156 Å². The maximum Gasteiger partial charge on any atom is 0.327 e. The smallest absolute Gasteiger partial charge is 0.327 e. The maximum atomic E-state index is 14.5. The van der Waals surface area contributed by atoms with Crippen molar-refractivity contribution in [1.82, 2.24) is 20.6 Å². The molecule has 1 saturated carbocycles. The maximum absolute atomic E-state index is 14.5. The number of benzene rings is 3. The highest BCUT2D eigenvalue weighted by Crippen LogP contribution is 2.59. The molecule has 272 valence electrons. The first-order chi connectivity index (χ1) is 25.2. The molecule has 3 aromatic carbocycles. The first-order valence-corrected chi connectivity index (χ1v) is 17.4. The van der Waals surface area contributed by atoms with Gasteiger partial charge in [0, 0.05) is 57.2 Å². The fraction of sp³-hybridized carbons (Fsp3) is 0.385. The number of hydrogen-bond acceptors (Lipinski definition) is 10. The normalized spacial score (nSPS) is 27.1. The summed E-state index contributed by atoms with van der Waals surface area (Å²) in [6, 6.07) is 25.3. The van der Waals surface area contributed by atoms with Crippen molar-refractivity contribution in [2.75, 3.05) is 33.8 Å². The molecule has 52 heavy (non-hydrogen) atoms. The van der Waals surface area contributed by atoms with E-state index in [0.29, 0.717) is 0 Å². The lowest BCUT2D eigenvalue weighted by Crippen LogP contribution is -2.69. The zero-order chi connectivity index (χ0) is 36.5. The molecule has 2 bridgehead atoms. The van der Waals surface area contributed by atoms with Crippen molar-refractivity contribution in [2.24, 2.45) is 5.41 Å². The minimum Gasteiger partial charge on any atom is -0.458 e. The number of fused-ring (bicyclic) bond motifs is 4. The van der Waals surface area contributed by atoms with Crippen molar-refractivity contribution in [3.63, 3.8) is 0 Å². The van der Waals surface area contributed by atoms with Gasteiger partial charge in [0.2, 0.25) is 23.5 Å². The molecular weight excluding hydrogens is 668 g/mol. The molecule has 13 heteroatoms. The van der Waals surface area contributed by atoms with Gasteiger partial charge >= 0.3 is 5.97 Å². The number of amides is 3. The lowest BCUT2D eigenvalue weighted by atomic mass is 9.62. The average molecular weight is 711 g/mol. The van der Waals surface area contributed by atoms with Crippen LogP contribution in [0.4, 0.5) is 0 Å². The molecule has 3 aromatic rings. The first-order valence-electron chi connectivity index (χ1n) is 17.4. The van der Waals surface area contributed by atoms with E-state index in [9.17, 15) is 19.2 Å². The van der Waals surface area contributed by atoms with E-state index in [0.717, 1.165) is 22.3 Å². The number of likely N-dealkylation sites (N-methyl/N-ethyl adjacent to an activating group) is 1. The van der Waals surface area contributed by atoms with Crippen molar-refractivity contribution in [2.45, 2.75) is 55.6 Å². The molecular formula is C39H42N4O9. The number of hydroxylamine groups is 2. The standard InChI is InChI=1S/C39H42N4O9/c1-42(2)31(46)18-17-25-13-15-26(16-14-25)24-43-34-36(47)49-29-23-38(34,37(48)41-20-19-30(45)40-21-22-44)35(52-43)33-32(29)50-39(51-33,27-9-5-3-6-10-27)28-11-7-4-8-12-28/h3-18,29,32-35,44H,19-24H2,1-2H3,(H,40,45)(H,41,48)/t29-,32+,33+,34+,35-,38+/m1/s1. The van der Waals surface area contributed by atoms with E-state index in [1.165, 1.54) is 16.0 Å². The van der Waals surface area contributed by atoms with Crippen molar-refractivity contribution in [3.05, 3.63) is 113 Å². The van der Waals surface area contributed by atoms with E-state index >= 15 is 0 Å². The molecule has 7 rings (SSSR count). The molecule has 0 spiro atoms. The van der Waals surface area contributed by atoms with Gasteiger partial charge in [0.25, 0.3) is 0 Å². The number of hydrogen-bond donors (Lipinski definition) is 3. The van der Waals surface area contributed by atoms with Gasteiger partial charge in [-0.25, -0.2) is 0 Å². The Morgan fingerprint density at radius 1 is 0.904 bits per heavy atom. The second-order valence-corrected chi connectivity index (χ2v) is 13.6. The van der Waals surface area contributed by atoms with Gasteiger partial charge in [-0.3, -0.25) is 24.0 Å². The van der Waals surface area contributed by atoms with Crippen LogP contribution in [0.3, 0.4) is 0 Å². The van der Waals surface area contributed by atoms with E-state index in [-0.39, 0.29) is 50.9 Å². The second kappa shape index (κ2) is 14.6. The van der Waals surface area contributed by atoms with Crippen LogP contribution in [0.1, 0.15) is 35.1 Å². The third kappa shape index (κ3) is 6.39. The van der Waals surface area contributed by atoms with Crippen LogP contribution in [0.5, 0.6) is 0 Å². The summed E-state index contributed by atoms with van der Waals surface area (Å²) in [6.07, 6.45) is -0.0779. The van der Waals surface area contributed by atoms with Gasteiger partial charge in [0.05, 0.1) is 13.2 Å². The Balaban J connectivity index is 1.22. The second-order valence-electron chi connectivity index (χ2n) is 13.6. The van der Waals surface area contributed by atoms with Crippen LogP contribution in [0.15, 0.2) is 91.0 Å². The third-order valence-electron chi connectivity index (χ3n) is 10.1. The summed E-state index contributed by atoms with van der Waals surface area (Å²) in [6.45, 7) is 0.0508. The highest BCUT2D eigenvalue weighted by molar-refractivity contribution is 5.94. The summed E-state index contributed by atoms with van der Waals surface area (Å²) in [5, 5.41) is 16.1. The van der Waals surface area contributed by atoms with Gasteiger partial charge in [-0.15, -0.1) is 0 Å². The SMILES string of the molecule is CN(C)C(=O)C=Cc1ccc(CN2O[C@@H]3[C@H]4OC(c5ccccc5)(c5ccccc5)O[C@H]4[C@H]4C[C@]3(C(=O)NCCC(=O)NCCO)[C@@H]2C(=O)O4)cc1. The number of nitrogens with zero attached hydrogens (tertiary/aromatic N) is 2. The highest BCUT2D eigenvalue weighted by Gasteiger charge is 2.76. The molecule has 3 amide bonds. The van der Waals surface area contributed by atoms with Crippen molar-refractivity contribution < 1.29 is 43.3 Å².